The molecule has 0 unspecified atom stereocenters. The van der Waals surface area contributed by atoms with Crippen molar-refractivity contribution < 1.29 is 0 Å². The van der Waals surface area contributed by atoms with Crippen molar-refractivity contribution in [2.75, 3.05) is 0 Å². The molecule has 0 aliphatic rings. The van der Waals surface area contributed by atoms with E-state index in [1.165, 1.54) is 32.1 Å². The molecular formula is C13H32. The summed E-state index contributed by atoms with van der Waals surface area (Å²) in [4.78, 5) is 0. The Morgan fingerprint density at radius 1 is 0.846 bits per heavy atom. The Bertz CT molecular complexity index is 62.6. The molecule has 0 rings (SSSR count). The second-order valence-electron chi connectivity index (χ2n) is 2.35. The minimum atomic E-state index is 0. The standard InChI is InChI=1S/C7H16.C3H4.3CH4/c1-3-5-7-6-4-2;1-3-2;;;/h3-7H2,1-2H3;1H,2H3;3*1H4. The summed E-state index contributed by atoms with van der Waals surface area (Å²) < 4.78 is 0. The van der Waals surface area contributed by atoms with E-state index < -0.39 is 0 Å². The van der Waals surface area contributed by atoms with Gasteiger partial charge in [0.2, 0.25) is 0 Å². The lowest BCUT2D eigenvalue weighted by atomic mass is 10.2. The van der Waals surface area contributed by atoms with Crippen molar-refractivity contribution >= 4 is 0 Å². The molecule has 0 fully saturated rings. The number of hydrogen-bond acceptors (Lipinski definition) is 0. The van der Waals surface area contributed by atoms with Gasteiger partial charge in [0.25, 0.3) is 0 Å². The van der Waals surface area contributed by atoms with Gasteiger partial charge in [-0.25, -0.2) is 0 Å². The van der Waals surface area contributed by atoms with Crippen LogP contribution in [-0.2, 0) is 0 Å². The summed E-state index contributed by atoms with van der Waals surface area (Å²) in [7, 11) is 0. The van der Waals surface area contributed by atoms with Crippen LogP contribution in [0.15, 0.2) is 0 Å². The molecule has 0 heteroatoms. The fourth-order valence-electron chi connectivity index (χ4n) is 0.677. The van der Waals surface area contributed by atoms with Crippen LogP contribution >= 0.6 is 0 Å². The van der Waals surface area contributed by atoms with Crippen molar-refractivity contribution in [2.45, 2.75) is 75.2 Å². The lowest BCUT2D eigenvalue weighted by Gasteiger charge is -1.90. The average Bonchev–Trinajstić information content (AvgIpc) is 1.91. The molecule has 0 amide bonds. The number of unbranched alkanes of at least 4 members (excludes halogenated alkanes) is 4. The van der Waals surface area contributed by atoms with Gasteiger partial charge in [0, 0.05) is 0 Å². The molecule has 0 aromatic rings. The van der Waals surface area contributed by atoms with Gasteiger partial charge in [-0.15, -0.1) is 12.3 Å². The van der Waals surface area contributed by atoms with Crippen LogP contribution in [0.1, 0.15) is 75.2 Å². The zero-order chi connectivity index (χ0) is 8.24. The average molecular weight is 188 g/mol. The highest BCUT2D eigenvalue weighted by Gasteiger charge is 1.80. The van der Waals surface area contributed by atoms with Gasteiger partial charge in [0.15, 0.2) is 0 Å². The second-order valence-corrected chi connectivity index (χ2v) is 2.35. The third-order valence-electron chi connectivity index (χ3n) is 1.21. The minimum absolute atomic E-state index is 0. The molecule has 0 atom stereocenters. The van der Waals surface area contributed by atoms with Crippen molar-refractivity contribution in [3.63, 3.8) is 0 Å². The molecule has 0 radical (unpaired) electrons. The van der Waals surface area contributed by atoms with Crippen LogP contribution < -0.4 is 0 Å². The fourth-order valence-corrected chi connectivity index (χ4v) is 0.677. The Balaban J connectivity index is -0.0000000320. The van der Waals surface area contributed by atoms with Crippen molar-refractivity contribution in [3.05, 3.63) is 0 Å². The quantitative estimate of drug-likeness (QED) is 0.402. The Kier molecular flexibility index (Phi) is 94.2. The van der Waals surface area contributed by atoms with E-state index in [1.54, 1.807) is 6.92 Å². The summed E-state index contributed by atoms with van der Waals surface area (Å²) >= 11 is 0. The first-order chi connectivity index (χ1) is 4.83. The Labute approximate surface area is 88.1 Å². The largest absolute Gasteiger partial charge is 0.120 e. The molecular weight excluding hydrogens is 156 g/mol. The Morgan fingerprint density at radius 2 is 1.08 bits per heavy atom. The number of rotatable bonds is 4. The molecule has 0 spiro atoms. The molecule has 0 saturated carbocycles. The first kappa shape index (κ1) is 29.4. The van der Waals surface area contributed by atoms with E-state index in [9.17, 15) is 0 Å². The lowest BCUT2D eigenvalue weighted by molar-refractivity contribution is 0.656. The smallest absolute Gasteiger partial charge is 0.00297 e. The van der Waals surface area contributed by atoms with Gasteiger partial charge in [0.05, 0.1) is 0 Å². The van der Waals surface area contributed by atoms with E-state index in [0.717, 1.165) is 0 Å². The van der Waals surface area contributed by atoms with Gasteiger partial charge >= 0.3 is 0 Å². The van der Waals surface area contributed by atoms with Crippen LogP contribution in [0.25, 0.3) is 0 Å². The first-order valence-electron chi connectivity index (χ1n) is 4.20. The van der Waals surface area contributed by atoms with Crippen LogP contribution in [0, 0.1) is 12.3 Å². The lowest BCUT2D eigenvalue weighted by Crippen LogP contribution is -1.70. The Hall–Kier alpha value is -0.440. The van der Waals surface area contributed by atoms with E-state index in [-0.39, 0.29) is 22.3 Å². The van der Waals surface area contributed by atoms with Gasteiger partial charge in [-0.05, 0) is 6.92 Å². The van der Waals surface area contributed by atoms with Crippen molar-refractivity contribution in [1.29, 1.82) is 0 Å². The normalized spacial score (nSPS) is 5.69. The third-order valence-corrected chi connectivity index (χ3v) is 1.21. The van der Waals surface area contributed by atoms with Gasteiger partial charge in [-0.3, -0.25) is 0 Å². The minimum Gasteiger partial charge on any atom is -0.120 e. The fraction of sp³-hybridized carbons (Fsp3) is 0.846. The third kappa shape index (κ3) is 83.4. The molecule has 0 aromatic heterocycles. The highest BCUT2D eigenvalue weighted by molar-refractivity contribution is 4.73. The molecule has 0 aromatic carbocycles. The maximum atomic E-state index is 4.60. The van der Waals surface area contributed by atoms with Crippen LogP contribution in [0.5, 0.6) is 0 Å². The van der Waals surface area contributed by atoms with E-state index in [4.69, 9.17) is 0 Å². The molecule has 0 bridgehead atoms. The van der Waals surface area contributed by atoms with Crippen LogP contribution in [0.3, 0.4) is 0 Å². The molecule has 0 N–H and O–H groups in total. The van der Waals surface area contributed by atoms with Gasteiger partial charge < -0.3 is 0 Å². The zero-order valence-electron chi connectivity index (χ0n) is 7.61. The van der Waals surface area contributed by atoms with E-state index >= 15 is 0 Å². The van der Waals surface area contributed by atoms with Gasteiger partial charge in [-0.2, -0.15) is 0 Å². The predicted molar refractivity (Wildman–Crippen MR) is 69.1 cm³/mol. The second kappa shape index (κ2) is 41.7. The van der Waals surface area contributed by atoms with Crippen molar-refractivity contribution in [3.8, 4) is 12.3 Å². The molecule has 0 saturated heterocycles. The maximum absolute atomic E-state index is 4.60. The summed E-state index contributed by atoms with van der Waals surface area (Å²) in [6.45, 7) is 6.14. The maximum Gasteiger partial charge on any atom is -0.00297 e. The van der Waals surface area contributed by atoms with E-state index in [0.29, 0.717) is 0 Å². The van der Waals surface area contributed by atoms with Crippen LogP contribution in [0.2, 0.25) is 0 Å². The van der Waals surface area contributed by atoms with E-state index in [2.05, 4.69) is 26.2 Å². The monoisotopic (exact) mass is 188 g/mol. The van der Waals surface area contributed by atoms with Gasteiger partial charge in [0.1, 0.15) is 0 Å². The van der Waals surface area contributed by atoms with E-state index in [1.807, 2.05) is 0 Å². The topological polar surface area (TPSA) is 0 Å². The molecule has 0 aliphatic carbocycles. The number of hydrogen-bond donors (Lipinski definition) is 0. The summed E-state index contributed by atoms with van der Waals surface area (Å²) in [5.41, 5.74) is 0. The molecule has 0 nitrogen and oxygen atoms in total. The van der Waals surface area contributed by atoms with Gasteiger partial charge in [-0.1, -0.05) is 68.2 Å². The predicted octanol–water partition coefficient (Wildman–Crippen LogP) is 5.52. The van der Waals surface area contributed by atoms with Crippen LogP contribution in [0.4, 0.5) is 0 Å². The summed E-state index contributed by atoms with van der Waals surface area (Å²) in [6, 6.07) is 0. The van der Waals surface area contributed by atoms with Crippen molar-refractivity contribution in [1.82, 2.24) is 0 Å². The summed E-state index contributed by atoms with van der Waals surface area (Å²) in [5, 5.41) is 0. The molecule has 13 heavy (non-hydrogen) atoms. The first-order valence-corrected chi connectivity index (χ1v) is 4.20. The summed E-state index contributed by atoms with van der Waals surface area (Å²) in [5.74, 6) is 2.25. The number of terminal acetylenes is 1. The highest BCUT2D eigenvalue weighted by Crippen LogP contribution is 2.00. The molecule has 0 heterocycles. The zero-order valence-corrected chi connectivity index (χ0v) is 7.61. The molecule has 0 aliphatic heterocycles. The Morgan fingerprint density at radius 3 is 1.23 bits per heavy atom. The van der Waals surface area contributed by atoms with Crippen LogP contribution in [-0.4, -0.2) is 0 Å². The molecule has 84 valence electrons. The highest BCUT2D eigenvalue weighted by atomic mass is 13.9. The SMILES string of the molecule is C.C.C.C#CC.CCCCCCC. The van der Waals surface area contributed by atoms with Crippen molar-refractivity contribution in [2.24, 2.45) is 0 Å². The summed E-state index contributed by atoms with van der Waals surface area (Å²) in [6.07, 6.45) is 11.6.